The minimum atomic E-state index is -0.232. The smallest absolute Gasteiger partial charge is 0.263 e. The highest BCUT2D eigenvalue weighted by Gasteiger charge is 2.38. The number of rotatable bonds is 8. The van der Waals surface area contributed by atoms with Gasteiger partial charge in [-0.15, -0.1) is 0 Å². The molecule has 1 fully saturated rings. The van der Waals surface area contributed by atoms with Crippen molar-refractivity contribution in [2.45, 2.75) is 13.1 Å². The van der Waals surface area contributed by atoms with Crippen molar-refractivity contribution in [3.8, 4) is 11.5 Å². The van der Waals surface area contributed by atoms with Crippen LogP contribution in [-0.4, -0.2) is 78.3 Å². The lowest BCUT2D eigenvalue weighted by Gasteiger charge is -2.36. The summed E-state index contributed by atoms with van der Waals surface area (Å²) in [5.41, 5.74) is 2.97. The summed E-state index contributed by atoms with van der Waals surface area (Å²) in [7, 11) is 3.31. The lowest BCUT2D eigenvalue weighted by Crippen LogP contribution is -2.46. The minimum Gasteiger partial charge on any atom is -0.497 e. The molecule has 0 N–H and O–H groups in total. The van der Waals surface area contributed by atoms with E-state index in [0.29, 0.717) is 24.2 Å². The molecule has 0 saturated carbocycles. The van der Waals surface area contributed by atoms with Gasteiger partial charge in [-0.1, -0.05) is 6.07 Å². The molecule has 2 aliphatic rings. The summed E-state index contributed by atoms with van der Waals surface area (Å²) >= 11 is 0. The van der Waals surface area contributed by atoms with Crippen molar-refractivity contribution in [3.63, 3.8) is 0 Å². The van der Waals surface area contributed by atoms with Crippen LogP contribution >= 0.6 is 0 Å². The van der Waals surface area contributed by atoms with Crippen molar-refractivity contribution < 1.29 is 19.1 Å². The van der Waals surface area contributed by atoms with Gasteiger partial charge in [0.1, 0.15) is 11.5 Å². The Bertz CT molecular complexity index is 1200. The van der Waals surface area contributed by atoms with Crippen molar-refractivity contribution in [2.75, 3.05) is 51.8 Å². The monoisotopic (exact) mass is 475 g/mol. The molecule has 182 valence electrons. The Morgan fingerprint density at radius 1 is 0.886 bits per heavy atom. The van der Waals surface area contributed by atoms with Gasteiger partial charge in [-0.25, -0.2) is 0 Å². The maximum atomic E-state index is 13.3. The second-order valence-electron chi connectivity index (χ2n) is 8.71. The standard InChI is InChI=1S/C26H29N5O4/c1-34-20-15-19(16-21(17-20)35-2)18-28-9-11-29(12-10-28)23-6-3-5-22-24(23)26(33)31(25(22)32)14-13-30-8-4-7-27-30/h3-8,15-17H,9-14,18H2,1-2H3. The fourth-order valence-corrected chi connectivity index (χ4v) is 4.78. The highest BCUT2D eigenvalue weighted by atomic mass is 16.5. The third-order valence-electron chi connectivity index (χ3n) is 6.62. The van der Waals surface area contributed by atoms with Gasteiger partial charge in [0.2, 0.25) is 0 Å². The predicted octanol–water partition coefficient (Wildman–Crippen LogP) is 2.52. The fraction of sp³-hybridized carbons (Fsp3) is 0.346. The van der Waals surface area contributed by atoms with Crippen LogP contribution in [-0.2, 0) is 13.1 Å². The number of carbonyl (C=O) groups is 2. The summed E-state index contributed by atoms with van der Waals surface area (Å²) in [4.78, 5) is 32.2. The average Bonchev–Trinajstić information content (AvgIpc) is 3.49. The molecule has 0 bridgehead atoms. The van der Waals surface area contributed by atoms with E-state index >= 15 is 0 Å². The fourth-order valence-electron chi connectivity index (χ4n) is 4.78. The van der Waals surface area contributed by atoms with Gasteiger partial charge in [-0.3, -0.25) is 24.1 Å². The Labute approximate surface area is 204 Å². The molecule has 9 heteroatoms. The summed E-state index contributed by atoms with van der Waals surface area (Å²) in [6.45, 7) is 4.78. The molecule has 2 aliphatic heterocycles. The first-order chi connectivity index (χ1) is 17.1. The summed E-state index contributed by atoms with van der Waals surface area (Å²) in [5, 5.41) is 4.16. The Morgan fingerprint density at radius 3 is 2.29 bits per heavy atom. The quantitative estimate of drug-likeness (QED) is 0.463. The van der Waals surface area contributed by atoms with Crippen molar-refractivity contribution in [2.24, 2.45) is 0 Å². The van der Waals surface area contributed by atoms with Crippen molar-refractivity contribution >= 4 is 17.5 Å². The molecule has 0 radical (unpaired) electrons. The first-order valence-electron chi connectivity index (χ1n) is 11.7. The number of ether oxygens (including phenoxy) is 2. The highest BCUT2D eigenvalue weighted by Crippen LogP contribution is 2.32. The minimum absolute atomic E-state index is 0.223. The van der Waals surface area contributed by atoms with E-state index in [1.807, 2.05) is 42.6 Å². The van der Waals surface area contributed by atoms with Gasteiger partial charge in [-0.2, -0.15) is 5.10 Å². The molecule has 0 spiro atoms. The van der Waals surface area contributed by atoms with E-state index in [1.165, 1.54) is 4.90 Å². The Hall–Kier alpha value is -3.85. The average molecular weight is 476 g/mol. The summed E-state index contributed by atoms with van der Waals surface area (Å²) in [5.74, 6) is 1.10. The molecule has 0 atom stereocenters. The van der Waals surface area contributed by atoms with Crippen molar-refractivity contribution in [1.29, 1.82) is 0 Å². The second kappa shape index (κ2) is 9.79. The third-order valence-corrected chi connectivity index (χ3v) is 6.62. The van der Waals surface area contributed by atoms with Crippen LogP contribution in [0.5, 0.6) is 11.5 Å². The van der Waals surface area contributed by atoms with Gasteiger partial charge >= 0.3 is 0 Å². The summed E-state index contributed by atoms with van der Waals surface area (Å²) in [6.07, 6.45) is 3.51. The maximum Gasteiger partial charge on any atom is 0.263 e. The topological polar surface area (TPSA) is 80.1 Å². The van der Waals surface area contributed by atoms with Gasteiger partial charge in [0.05, 0.1) is 37.6 Å². The zero-order valence-corrected chi connectivity index (χ0v) is 20.0. The van der Waals surface area contributed by atoms with E-state index in [9.17, 15) is 9.59 Å². The number of hydrogen-bond donors (Lipinski definition) is 0. The molecule has 0 aliphatic carbocycles. The van der Waals surface area contributed by atoms with Crippen LogP contribution in [0.1, 0.15) is 26.3 Å². The summed E-state index contributed by atoms with van der Waals surface area (Å²) in [6, 6.07) is 13.3. The number of carbonyl (C=O) groups excluding carboxylic acids is 2. The number of fused-ring (bicyclic) bond motifs is 1. The molecule has 2 amide bonds. The normalized spacial score (nSPS) is 16.1. The number of anilines is 1. The van der Waals surface area contributed by atoms with Crippen LogP contribution < -0.4 is 14.4 Å². The lowest BCUT2D eigenvalue weighted by molar-refractivity contribution is 0.0647. The SMILES string of the molecule is COc1cc(CN2CCN(c3cccc4c3C(=O)N(CCn3cccn3)C4=O)CC2)cc(OC)c1. The van der Waals surface area contributed by atoms with Crippen LogP contribution in [0, 0.1) is 0 Å². The molecule has 2 aromatic carbocycles. The molecule has 9 nitrogen and oxygen atoms in total. The number of aromatic nitrogens is 2. The molecule has 5 rings (SSSR count). The van der Waals surface area contributed by atoms with Gasteiger partial charge in [0.15, 0.2) is 0 Å². The largest absolute Gasteiger partial charge is 0.497 e. The Balaban J connectivity index is 1.26. The number of benzene rings is 2. The number of methoxy groups -OCH3 is 2. The summed E-state index contributed by atoms with van der Waals surface area (Å²) < 4.78 is 12.5. The molecular formula is C26H29N5O4. The first kappa shape index (κ1) is 22.9. The van der Waals surface area contributed by atoms with E-state index in [2.05, 4.69) is 14.9 Å². The molecule has 3 aromatic rings. The van der Waals surface area contributed by atoms with E-state index in [1.54, 1.807) is 31.2 Å². The molecular weight excluding hydrogens is 446 g/mol. The number of amides is 2. The van der Waals surface area contributed by atoms with Crippen molar-refractivity contribution in [1.82, 2.24) is 19.6 Å². The zero-order chi connectivity index (χ0) is 24.4. The van der Waals surface area contributed by atoms with E-state index < -0.39 is 0 Å². The van der Waals surface area contributed by atoms with Gasteiger partial charge < -0.3 is 14.4 Å². The Kier molecular flexibility index (Phi) is 6.41. The second-order valence-corrected chi connectivity index (χ2v) is 8.71. The van der Waals surface area contributed by atoms with Gasteiger partial charge in [-0.05, 0) is 35.9 Å². The van der Waals surface area contributed by atoms with Crippen molar-refractivity contribution in [3.05, 3.63) is 71.5 Å². The van der Waals surface area contributed by atoms with Gasteiger partial charge in [0.25, 0.3) is 11.8 Å². The number of hydrogen-bond acceptors (Lipinski definition) is 7. The number of piperazine rings is 1. The van der Waals surface area contributed by atoms with Crippen LogP contribution in [0.2, 0.25) is 0 Å². The Morgan fingerprint density at radius 2 is 1.63 bits per heavy atom. The molecule has 1 aromatic heterocycles. The van der Waals surface area contributed by atoms with Gasteiger partial charge in [0, 0.05) is 57.7 Å². The molecule has 35 heavy (non-hydrogen) atoms. The number of nitrogens with zero attached hydrogens (tertiary/aromatic N) is 5. The third kappa shape index (κ3) is 4.59. The van der Waals surface area contributed by atoms with Crippen LogP contribution in [0.15, 0.2) is 54.9 Å². The lowest BCUT2D eigenvalue weighted by atomic mass is 10.1. The van der Waals surface area contributed by atoms with E-state index in [0.717, 1.165) is 55.5 Å². The van der Waals surface area contributed by atoms with Crippen LogP contribution in [0.4, 0.5) is 5.69 Å². The van der Waals surface area contributed by atoms with E-state index in [-0.39, 0.29) is 11.8 Å². The van der Waals surface area contributed by atoms with Crippen LogP contribution in [0.25, 0.3) is 0 Å². The molecule has 1 saturated heterocycles. The molecule has 3 heterocycles. The zero-order valence-electron chi connectivity index (χ0n) is 20.0. The molecule has 0 unspecified atom stereocenters. The number of imide groups is 1. The van der Waals surface area contributed by atoms with E-state index in [4.69, 9.17) is 9.47 Å². The maximum absolute atomic E-state index is 13.3. The predicted molar refractivity (Wildman–Crippen MR) is 131 cm³/mol. The highest BCUT2D eigenvalue weighted by molar-refractivity contribution is 6.23. The van der Waals surface area contributed by atoms with Crippen LogP contribution in [0.3, 0.4) is 0 Å². The first-order valence-corrected chi connectivity index (χ1v) is 11.7.